The maximum Gasteiger partial charge on any atom is 0.169 e. The monoisotopic (exact) mass is 224 g/mol. The average molecular weight is 224 g/mol. The molecule has 3 nitrogen and oxygen atoms in total. The lowest BCUT2D eigenvalue weighted by molar-refractivity contribution is -0.693. The highest BCUT2D eigenvalue weighted by molar-refractivity contribution is 5.78. The largest absolute Gasteiger partial charge is 0.338 e. The van der Waals surface area contributed by atoms with Crippen LogP contribution in [-0.4, -0.2) is 9.97 Å². The fraction of sp³-hybridized carbons (Fsp3) is 0.143. The molecule has 0 unspecified atom stereocenters. The average Bonchev–Trinajstić information content (AvgIpc) is 2.82. The standard InChI is InChI=1S/C14H13N3/c1-2-17-9-7-11(8-10-17)14-15-12-5-3-4-6-13(12)16-14/h3-10H,2H2,1H3/p+1. The summed E-state index contributed by atoms with van der Waals surface area (Å²) in [5.74, 6) is 0.925. The molecular weight excluding hydrogens is 210 g/mol. The molecule has 3 aromatic rings. The second-order valence-corrected chi connectivity index (χ2v) is 4.02. The SMILES string of the molecule is CC[n+]1ccc(-c2nc3ccccc3[nH]2)cc1. The number of para-hydroxylation sites is 2. The molecule has 1 N–H and O–H groups in total. The highest BCUT2D eigenvalue weighted by atomic mass is 14.9. The molecule has 0 saturated heterocycles. The van der Waals surface area contributed by atoms with Gasteiger partial charge in [0.25, 0.3) is 0 Å². The van der Waals surface area contributed by atoms with Gasteiger partial charge >= 0.3 is 0 Å². The van der Waals surface area contributed by atoms with Crippen LogP contribution in [0.5, 0.6) is 0 Å². The molecule has 2 aromatic heterocycles. The van der Waals surface area contributed by atoms with Gasteiger partial charge in [0.1, 0.15) is 12.4 Å². The van der Waals surface area contributed by atoms with Crippen molar-refractivity contribution < 1.29 is 4.57 Å². The number of nitrogens with zero attached hydrogens (tertiary/aromatic N) is 2. The Kier molecular flexibility index (Phi) is 2.37. The molecule has 0 saturated carbocycles. The van der Waals surface area contributed by atoms with Crippen LogP contribution in [0, 0.1) is 0 Å². The molecular formula is C14H14N3+. The Morgan fingerprint density at radius 1 is 1.12 bits per heavy atom. The Hall–Kier alpha value is -2.16. The number of hydrogen-bond donors (Lipinski definition) is 1. The lowest BCUT2D eigenvalue weighted by Gasteiger charge is -1.95. The van der Waals surface area contributed by atoms with Gasteiger partial charge in [-0.3, -0.25) is 0 Å². The first-order valence-electron chi connectivity index (χ1n) is 5.81. The Labute approximate surface area is 99.8 Å². The predicted molar refractivity (Wildman–Crippen MR) is 67.4 cm³/mol. The van der Waals surface area contributed by atoms with Gasteiger partial charge in [-0.2, -0.15) is 0 Å². The lowest BCUT2D eigenvalue weighted by atomic mass is 10.2. The highest BCUT2D eigenvalue weighted by Crippen LogP contribution is 2.18. The molecule has 3 rings (SSSR count). The Morgan fingerprint density at radius 2 is 1.88 bits per heavy atom. The maximum absolute atomic E-state index is 4.57. The summed E-state index contributed by atoms with van der Waals surface area (Å²) in [6.45, 7) is 3.11. The summed E-state index contributed by atoms with van der Waals surface area (Å²) in [5, 5.41) is 0. The number of hydrogen-bond acceptors (Lipinski definition) is 1. The molecule has 3 heteroatoms. The van der Waals surface area contributed by atoms with Gasteiger partial charge in [0.2, 0.25) is 0 Å². The van der Waals surface area contributed by atoms with Gasteiger partial charge < -0.3 is 4.98 Å². The second kappa shape index (κ2) is 4.01. The third-order valence-corrected chi connectivity index (χ3v) is 2.92. The summed E-state index contributed by atoms with van der Waals surface area (Å²) in [6, 6.07) is 12.2. The number of aromatic amines is 1. The first-order chi connectivity index (χ1) is 8.36. The predicted octanol–water partition coefficient (Wildman–Crippen LogP) is 2.54. The fourth-order valence-corrected chi connectivity index (χ4v) is 1.92. The van der Waals surface area contributed by atoms with Gasteiger partial charge in [0.05, 0.1) is 11.0 Å². The smallest absolute Gasteiger partial charge is 0.169 e. The summed E-state index contributed by atoms with van der Waals surface area (Å²) >= 11 is 0. The third-order valence-electron chi connectivity index (χ3n) is 2.92. The first kappa shape index (κ1) is 10.0. The molecule has 0 fully saturated rings. The molecule has 17 heavy (non-hydrogen) atoms. The van der Waals surface area contributed by atoms with Crippen molar-refractivity contribution in [1.29, 1.82) is 0 Å². The van der Waals surface area contributed by atoms with Crippen LogP contribution in [0.4, 0.5) is 0 Å². The molecule has 0 spiro atoms. The number of aryl methyl sites for hydroxylation is 1. The van der Waals surface area contributed by atoms with Crippen molar-refractivity contribution in [2.75, 3.05) is 0 Å². The van der Waals surface area contributed by atoms with Gasteiger partial charge in [0, 0.05) is 17.7 Å². The molecule has 0 aliphatic carbocycles. The Balaban J connectivity index is 2.07. The summed E-state index contributed by atoms with van der Waals surface area (Å²) in [4.78, 5) is 7.90. The van der Waals surface area contributed by atoms with E-state index in [2.05, 4.69) is 46.0 Å². The normalized spacial score (nSPS) is 10.9. The topological polar surface area (TPSA) is 32.6 Å². The number of rotatable bonds is 2. The number of fused-ring (bicyclic) bond motifs is 1. The number of H-pyrrole nitrogens is 1. The zero-order chi connectivity index (χ0) is 11.7. The van der Waals surface area contributed by atoms with E-state index in [9.17, 15) is 0 Å². The number of imidazole rings is 1. The van der Waals surface area contributed by atoms with Crippen LogP contribution < -0.4 is 4.57 Å². The summed E-state index contributed by atoms with van der Waals surface area (Å²) in [7, 11) is 0. The van der Waals surface area contributed by atoms with Crippen LogP contribution in [0.25, 0.3) is 22.4 Å². The van der Waals surface area contributed by atoms with Crippen LogP contribution in [0.2, 0.25) is 0 Å². The van der Waals surface area contributed by atoms with Gasteiger partial charge in [-0.05, 0) is 19.1 Å². The van der Waals surface area contributed by atoms with E-state index in [1.165, 1.54) is 0 Å². The van der Waals surface area contributed by atoms with Crippen molar-refractivity contribution in [3.05, 3.63) is 48.8 Å². The molecule has 0 radical (unpaired) electrons. The van der Waals surface area contributed by atoms with E-state index in [1.807, 2.05) is 24.3 Å². The molecule has 0 bridgehead atoms. The maximum atomic E-state index is 4.57. The molecule has 0 aliphatic heterocycles. The van der Waals surface area contributed by atoms with E-state index in [0.717, 1.165) is 29.0 Å². The minimum absolute atomic E-state index is 0.925. The fourth-order valence-electron chi connectivity index (χ4n) is 1.92. The van der Waals surface area contributed by atoms with Crippen LogP contribution >= 0.6 is 0 Å². The van der Waals surface area contributed by atoms with E-state index in [1.54, 1.807) is 0 Å². The Morgan fingerprint density at radius 3 is 2.59 bits per heavy atom. The number of pyridine rings is 1. The molecule has 1 aromatic carbocycles. The zero-order valence-corrected chi connectivity index (χ0v) is 9.72. The van der Waals surface area contributed by atoms with Crippen molar-refractivity contribution in [1.82, 2.24) is 9.97 Å². The number of nitrogens with one attached hydrogen (secondary N) is 1. The van der Waals surface area contributed by atoms with Gasteiger partial charge in [-0.15, -0.1) is 0 Å². The molecule has 0 atom stereocenters. The quantitative estimate of drug-likeness (QED) is 0.667. The van der Waals surface area contributed by atoms with E-state index in [4.69, 9.17) is 0 Å². The van der Waals surface area contributed by atoms with Crippen molar-refractivity contribution >= 4 is 11.0 Å². The van der Waals surface area contributed by atoms with E-state index < -0.39 is 0 Å². The zero-order valence-electron chi connectivity index (χ0n) is 9.72. The minimum Gasteiger partial charge on any atom is -0.338 e. The lowest BCUT2D eigenvalue weighted by Crippen LogP contribution is -2.30. The number of benzene rings is 1. The summed E-state index contributed by atoms with van der Waals surface area (Å²) in [5.41, 5.74) is 3.20. The van der Waals surface area contributed by atoms with Gasteiger partial charge in [-0.1, -0.05) is 12.1 Å². The van der Waals surface area contributed by atoms with Gasteiger partial charge in [-0.25, -0.2) is 9.55 Å². The minimum atomic E-state index is 0.925. The van der Waals surface area contributed by atoms with Crippen molar-refractivity contribution in [2.45, 2.75) is 13.5 Å². The Bertz CT molecular complexity index is 605. The molecule has 84 valence electrons. The van der Waals surface area contributed by atoms with E-state index in [-0.39, 0.29) is 0 Å². The van der Waals surface area contributed by atoms with Crippen LogP contribution in [0.3, 0.4) is 0 Å². The summed E-state index contributed by atoms with van der Waals surface area (Å²) < 4.78 is 2.13. The van der Waals surface area contributed by atoms with Crippen LogP contribution in [0.15, 0.2) is 48.8 Å². The molecule has 2 heterocycles. The second-order valence-electron chi connectivity index (χ2n) is 4.02. The number of aromatic nitrogens is 3. The molecule has 0 aliphatic rings. The van der Waals surface area contributed by atoms with E-state index >= 15 is 0 Å². The van der Waals surface area contributed by atoms with Crippen molar-refractivity contribution in [3.8, 4) is 11.4 Å². The van der Waals surface area contributed by atoms with Crippen molar-refractivity contribution in [2.24, 2.45) is 0 Å². The third kappa shape index (κ3) is 1.80. The van der Waals surface area contributed by atoms with Crippen LogP contribution in [-0.2, 0) is 6.54 Å². The van der Waals surface area contributed by atoms with E-state index in [0.29, 0.717) is 0 Å². The van der Waals surface area contributed by atoms with Crippen molar-refractivity contribution in [3.63, 3.8) is 0 Å². The molecule has 0 amide bonds. The first-order valence-corrected chi connectivity index (χ1v) is 5.81. The van der Waals surface area contributed by atoms with Gasteiger partial charge in [0.15, 0.2) is 12.4 Å². The highest BCUT2D eigenvalue weighted by Gasteiger charge is 2.06. The summed E-state index contributed by atoms with van der Waals surface area (Å²) in [6.07, 6.45) is 4.14. The van der Waals surface area contributed by atoms with Crippen LogP contribution in [0.1, 0.15) is 6.92 Å².